The fraction of sp³-hybridized carbons (Fsp3) is 0.600. The third-order valence-corrected chi connectivity index (χ3v) is 6.56. The van der Waals surface area contributed by atoms with Crippen LogP contribution in [0, 0.1) is 0 Å². The van der Waals surface area contributed by atoms with Gasteiger partial charge in [0.25, 0.3) is 0 Å². The zero-order chi connectivity index (χ0) is 14.9. The number of piperidine rings is 1. The van der Waals surface area contributed by atoms with Crippen molar-refractivity contribution in [3.8, 4) is 0 Å². The maximum atomic E-state index is 12.6. The lowest BCUT2D eigenvalue weighted by molar-refractivity contribution is -0.0197. The lowest BCUT2D eigenvalue weighted by atomic mass is 9.88. The topological polar surface area (TPSA) is 58.6 Å². The maximum absolute atomic E-state index is 12.6. The standard InChI is InChI=1S/C15H22N2O3S/c1-17(21(18,19)14-5-3-2-4-6-14)13-11-15(20-12-13)7-9-16-10-8-15/h2-6,13,16H,7-12H2,1H3/t13-/m1/s1. The van der Waals surface area contributed by atoms with Gasteiger partial charge in [0.2, 0.25) is 10.0 Å². The largest absolute Gasteiger partial charge is 0.373 e. The van der Waals surface area contributed by atoms with Crippen LogP contribution in [-0.2, 0) is 14.8 Å². The molecule has 0 radical (unpaired) electrons. The number of benzene rings is 1. The van der Waals surface area contributed by atoms with E-state index in [1.54, 1.807) is 31.3 Å². The van der Waals surface area contributed by atoms with E-state index in [0.717, 1.165) is 32.4 Å². The fourth-order valence-electron chi connectivity index (χ4n) is 3.24. The van der Waals surface area contributed by atoms with Crippen LogP contribution in [0.4, 0.5) is 0 Å². The van der Waals surface area contributed by atoms with E-state index in [2.05, 4.69) is 5.32 Å². The van der Waals surface area contributed by atoms with E-state index in [1.807, 2.05) is 6.07 Å². The summed E-state index contributed by atoms with van der Waals surface area (Å²) in [6, 6.07) is 8.53. The van der Waals surface area contributed by atoms with E-state index in [9.17, 15) is 8.42 Å². The molecule has 0 aliphatic carbocycles. The van der Waals surface area contributed by atoms with Crippen LogP contribution in [0.25, 0.3) is 0 Å². The number of sulfonamides is 1. The van der Waals surface area contributed by atoms with Crippen molar-refractivity contribution in [2.24, 2.45) is 0 Å². The van der Waals surface area contributed by atoms with Crippen LogP contribution in [0.1, 0.15) is 19.3 Å². The van der Waals surface area contributed by atoms with Crippen LogP contribution >= 0.6 is 0 Å². The molecular weight excluding hydrogens is 288 g/mol. The van der Waals surface area contributed by atoms with Gasteiger partial charge in [-0.05, 0) is 44.5 Å². The first-order valence-corrected chi connectivity index (χ1v) is 8.85. The molecule has 1 aromatic carbocycles. The van der Waals surface area contributed by atoms with Crippen molar-refractivity contribution < 1.29 is 13.2 Å². The first-order chi connectivity index (χ1) is 10.0. The molecule has 2 saturated heterocycles. The van der Waals surface area contributed by atoms with Crippen LogP contribution in [0.2, 0.25) is 0 Å². The van der Waals surface area contributed by atoms with E-state index in [4.69, 9.17) is 4.74 Å². The minimum atomic E-state index is -3.44. The summed E-state index contributed by atoms with van der Waals surface area (Å²) in [6.07, 6.45) is 2.71. The van der Waals surface area contributed by atoms with Gasteiger partial charge in [-0.3, -0.25) is 0 Å². The molecule has 2 aliphatic rings. The molecule has 2 fully saturated rings. The molecule has 6 heteroatoms. The number of likely N-dealkylation sites (N-methyl/N-ethyl adjacent to an activating group) is 1. The van der Waals surface area contributed by atoms with Gasteiger partial charge in [-0.2, -0.15) is 4.31 Å². The van der Waals surface area contributed by atoms with Crippen molar-refractivity contribution in [2.75, 3.05) is 26.7 Å². The lowest BCUT2D eigenvalue weighted by Crippen LogP contribution is -2.43. The van der Waals surface area contributed by atoms with E-state index < -0.39 is 10.0 Å². The summed E-state index contributed by atoms with van der Waals surface area (Å²) in [5, 5.41) is 3.32. The Morgan fingerprint density at radius 2 is 1.90 bits per heavy atom. The molecule has 21 heavy (non-hydrogen) atoms. The summed E-state index contributed by atoms with van der Waals surface area (Å²) in [5.41, 5.74) is -0.129. The molecular formula is C15H22N2O3S. The first kappa shape index (κ1) is 15.0. The quantitative estimate of drug-likeness (QED) is 0.912. The van der Waals surface area contributed by atoms with E-state index in [-0.39, 0.29) is 11.6 Å². The van der Waals surface area contributed by atoms with Gasteiger partial charge in [-0.25, -0.2) is 8.42 Å². The van der Waals surface area contributed by atoms with Crippen molar-refractivity contribution in [3.05, 3.63) is 30.3 Å². The van der Waals surface area contributed by atoms with Gasteiger partial charge >= 0.3 is 0 Å². The van der Waals surface area contributed by atoms with E-state index in [1.165, 1.54) is 4.31 Å². The van der Waals surface area contributed by atoms with Gasteiger partial charge < -0.3 is 10.1 Å². The van der Waals surface area contributed by atoms with Crippen molar-refractivity contribution in [3.63, 3.8) is 0 Å². The summed E-state index contributed by atoms with van der Waals surface area (Å²) in [6.45, 7) is 2.38. The monoisotopic (exact) mass is 310 g/mol. The Balaban J connectivity index is 1.76. The molecule has 0 unspecified atom stereocenters. The molecule has 0 bridgehead atoms. The van der Waals surface area contributed by atoms with Crippen molar-refractivity contribution in [1.29, 1.82) is 0 Å². The van der Waals surface area contributed by atoms with Crippen molar-refractivity contribution in [1.82, 2.24) is 9.62 Å². The summed E-state index contributed by atoms with van der Waals surface area (Å²) in [4.78, 5) is 0.346. The Kier molecular flexibility index (Phi) is 4.05. The third kappa shape index (κ3) is 2.85. The van der Waals surface area contributed by atoms with Crippen LogP contribution in [0.15, 0.2) is 35.2 Å². The van der Waals surface area contributed by atoms with Crippen molar-refractivity contribution >= 4 is 10.0 Å². The second kappa shape index (κ2) is 5.68. The lowest BCUT2D eigenvalue weighted by Gasteiger charge is -2.33. The summed E-state index contributed by atoms with van der Waals surface area (Å²) in [5.74, 6) is 0. The number of hydrogen-bond donors (Lipinski definition) is 1. The first-order valence-electron chi connectivity index (χ1n) is 7.41. The Morgan fingerprint density at radius 1 is 1.24 bits per heavy atom. The minimum Gasteiger partial charge on any atom is -0.373 e. The number of hydrogen-bond acceptors (Lipinski definition) is 4. The molecule has 2 heterocycles. The number of nitrogens with zero attached hydrogens (tertiary/aromatic N) is 1. The second-order valence-corrected chi connectivity index (χ2v) is 7.93. The highest BCUT2D eigenvalue weighted by atomic mass is 32.2. The van der Waals surface area contributed by atoms with Gasteiger partial charge in [0, 0.05) is 7.05 Å². The Morgan fingerprint density at radius 3 is 2.57 bits per heavy atom. The van der Waals surface area contributed by atoms with Gasteiger partial charge in [0.1, 0.15) is 0 Å². The maximum Gasteiger partial charge on any atom is 0.243 e. The molecule has 3 rings (SSSR count). The third-order valence-electron chi connectivity index (χ3n) is 4.64. The van der Waals surface area contributed by atoms with Gasteiger partial charge in [-0.1, -0.05) is 18.2 Å². The summed E-state index contributed by atoms with van der Waals surface area (Å²) < 4.78 is 32.8. The Labute approximate surface area is 126 Å². The van der Waals surface area contributed by atoms with E-state index >= 15 is 0 Å². The normalized spacial score (nSPS) is 25.5. The highest BCUT2D eigenvalue weighted by Crippen LogP contribution is 2.36. The van der Waals surface area contributed by atoms with Crippen LogP contribution in [0.3, 0.4) is 0 Å². The molecule has 0 amide bonds. The molecule has 1 spiro atoms. The van der Waals surface area contributed by atoms with Crippen molar-refractivity contribution in [2.45, 2.75) is 35.8 Å². The van der Waals surface area contributed by atoms with Gasteiger partial charge in [0.15, 0.2) is 0 Å². The molecule has 5 nitrogen and oxygen atoms in total. The molecule has 2 aliphatic heterocycles. The fourth-order valence-corrected chi connectivity index (χ4v) is 4.60. The number of nitrogens with one attached hydrogen (secondary N) is 1. The van der Waals surface area contributed by atoms with Gasteiger partial charge in [0.05, 0.1) is 23.1 Å². The highest BCUT2D eigenvalue weighted by molar-refractivity contribution is 7.89. The molecule has 1 aromatic rings. The summed E-state index contributed by atoms with van der Waals surface area (Å²) in [7, 11) is -1.78. The smallest absolute Gasteiger partial charge is 0.243 e. The second-order valence-electron chi connectivity index (χ2n) is 5.94. The molecule has 0 saturated carbocycles. The number of rotatable bonds is 3. The van der Waals surface area contributed by atoms with Crippen LogP contribution in [0.5, 0.6) is 0 Å². The van der Waals surface area contributed by atoms with Crippen LogP contribution < -0.4 is 5.32 Å². The molecule has 1 N–H and O–H groups in total. The van der Waals surface area contributed by atoms with Gasteiger partial charge in [-0.15, -0.1) is 0 Å². The summed E-state index contributed by atoms with van der Waals surface area (Å²) >= 11 is 0. The molecule has 1 atom stereocenters. The molecule has 116 valence electrons. The predicted octanol–water partition coefficient (Wildman–Crippen LogP) is 1.22. The SMILES string of the molecule is CN([C@H]1COC2(CCNCC2)C1)S(=O)(=O)c1ccccc1. The highest BCUT2D eigenvalue weighted by Gasteiger charge is 2.44. The number of ether oxygens (including phenoxy) is 1. The zero-order valence-corrected chi connectivity index (χ0v) is 13.1. The average molecular weight is 310 g/mol. The zero-order valence-electron chi connectivity index (χ0n) is 12.3. The predicted molar refractivity (Wildman–Crippen MR) is 80.6 cm³/mol. The Hall–Kier alpha value is -0.950. The minimum absolute atomic E-state index is 0.0756. The van der Waals surface area contributed by atoms with E-state index in [0.29, 0.717) is 11.5 Å². The Bertz CT molecular complexity index is 582. The average Bonchev–Trinajstić information content (AvgIpc) is 2.91. The molecule has 0 aromatic heterocycles. The van der Waals surface area contributed by atoms with Crippen LogP contribution in [-0.4, -0.2) is 51.1 Å².